The molecule has 0 bridgehead atoms. The maximum Gasteiger partial charge on any atom is 0.320 e. The average molecular weight is 270 g/mol. The average Bonchev–Trinajstić information content (AvgIpc) is 2.85. The number of amides is 2. The third-order valence-corrected chi connectivity index (χ3v) is 4.12. The van der Waals surface area contributed by atoms with E-state index in [2.05, 4.69) is 0 Å². The fraction of sp³-hybridized carbons (Fsp3) is 0.846. The van der Waals surface area contributed by atoms with E-state index in [-0.39, 0.29) is 31.1 Å². The van der Waals surface area contributed by atoms with Crippen LogP contribution >= 0.6 is 0 Å². The first-order chi connectivity index (χ1) is 9.13. The van der Waals surface area contributed by atoms with Crippen molar-refractivity contribution in [2.45, 2.75) is 50.6 Å². The minimum absolute atomic E-state index is 0.0107. The zero-order valence-corrected chi connectivity index (χ0v) is 11.1. The molecule has 2 aliphatic heterocycles. The Morgan fingerprint density at radius 1 is 1.00 bits per heavy atom. The number of aliphatic hydroxyl groups excluding tert-OH is 1. The molecule has 6 nitrogen and oxygen atoms in total. The van der Waals surface area contributed by atoms with Gasteiger partial charge in [0, 0.05) is 19.1 Å². The van der Waals surface area contributed by atoms with Gasteiger partial charge in [0.15, 0.2) is 0 Å². The van der Waals surface area contributed by atoms with Gasteiger partial charge in [-0.2, -0.15) is 0 Å². The molecule has 0 aromatic rings. The van der Waals surface area contributed by atoms with Crippen LogP contribution in [0.3, 0.4) is 0 Å². The summed E-state index contributed by atoms with van der Waals surface area (Å²) in [7, 11) is 0. The lowest BCUT2D eigenvalue weighted by Crippen LogP contribution is -2.53. The van der Waals surface area contributed by atoms with Crippen LogP contribution in [0.5, 0.6) is 0 Å². The van der Waals surface area contributed by atoms with E-state index in [1.807, 2.05) is 0 Å². The summed E-state index contributed by atoms with van der Waals surface area (Å²) in [5.74, 6) is -0.859. The maximum absolute atomic E-state index is 12.5. The van der Waals surface area contributed by atoms with Gasteiger partial charge in [0.1, 0.15) is 0 Å². The van der Waals surface area contributed by atoms with Crippen molar-refractivity contribution in [2.24, 2.45) is 0 Å². The lowest BCUT2D eigenvalue weighted by Gasteiger charge is -2.38. The topological polar surface area (TPSA) is 81.1 Å². The molecule has 19 heavy (non-hydrogen) atoms. The number of aliphatic hydroxyl groups is 1. The Morgan fingerprint density at radius 2 is 1.63 bits per heavy atom. The normalized spacial score (nSPS) is 27.6. The minimum Gasteiger partial charge on any atom is -0.481 e. The van der Waals surface area contributed by atoms with Crippen LogP contribution < -0.4 is 0 Å². The van der Waals surface area contributed by atoms with Gasteiger partial charge >= 0.3 is 12.0 Å². The number of hydrogen-bond donors (Lipinski definition) is 2. The van der Waals surface area contributed by atoms with Crippen LogP contribution in [0, 0.1) is 0 Å². The summed E-state index contributed by atoms with van der Waals surface area (Å²) < 4.78 is 0. The molecule has 0 saturated carbocycles. The number of hydrogen-bond acceptors (Lipinski definition) is 3. The second-order valence-electron chi connectivity index (χ2n) is 5.40. The molecular formula is C13H22N2O4. The number of carboxylic acid groups (broad SMARTS) is 1. The van der Waals surface area contributed by atoms with E-state index in [1.165, 1.54) is 0 Å². The number of urea groups is 1. The van der Waals surface area contributed by atoms with Gasteiger partial charge in [0.2, 0.25) is 0 Å². The number of carbonyl (C=O) groups is 2. The molecule has 2 rings (SSSR count). The smallest absolute Gasteiger partial charge is 0.320 e. The van der Waals surface area contributed by atoms with Crippen LogP contribution in [0.2, 0.25) is 0 Å². The quantitative estimate of drug-likeness (QED) is 0.798. The van der Waals surface area contributed by atoms with Crippen molar-refractivity contribution in [3.63, 3.8) is 0 Å². The van der Waals surface area contributed by atoms with Crippen LogP contribution in [0.4, 0.5) is 4.79 Å². The first kappa shape index (κ1) is 14.1. The number of aliphatic carboxylic acids is 1. The first-order valence-corrected chi connectivity index (χ1v) is 7.03. The van der Waals surface area contributed by atoms with Crippen molar-refractivity contribution >= 4 is 12.0 Å². The summed E-state index contributed by atoms with van der Waals surface area (Å²) >= 11 is 0. The van der Waals surface area contributed by atoms with E-state index in [9.17, 15) is 14.7 Å². The van der Waals surface area contributed by atoms with Crippen LogP contribution in [0.25, 0.3) is 0 Å². The summed E-state index contributed by atoms with van der Waals surface area (Å²) in [6.07, 6.45) is 4.47. The number of likely N-dealkylation sites (tertiary alicyclic amines) is 2. The Balaban J connectivity index is 2.02. The summed E-state index contributed by atoms with van der Waals surface area (Å²) in [6.45, 7) is 1.29. The zero-order valence-electron chi connectivity index (χ0n) is 11.1. The van der Waals surface area contributed by atoms with Crippen LogP contribution in [-0.4, -0.2) is 63.8 Å². The highest BCUT2D eigenvalue weighted by Crippen LogP contribution is 2.25. The molecule has 2 N–H and O–H groups in total. The van der Waals surface area contributed by atoms with Gasteiger partial charge in [-0.15, -0.1) is 0 Å². The Hall–Kier alpha value is -1.30. The summed E-state index contributed by atoms with van der Waals surface area (Å²) in [6, 6.07) is -0.388. The van der Waals surface area contributed by atoms with Gasteiger partial charge in [-0.3, -0.25) is 4.79 Å². The number of nitrogens with zero attached hydrogens (tertiary/aromatic N) is 2. The van der Waals surface area contributed by atoms with Gasteiger partial charge in [-0.1, -0.05) is 0 Å². The molecule has 2 heterocycles. The molecule has 0 spiro atoms. The first-order valence-electron chi connectivity index (χ1n) is 7.03. The van der Waals surface area contributed by atoms with Crippen LogP contribution in [0.15, 0.2) is 0 Å². The second kappa shape index (κ2) is 6.23. The van der Waals surface area contributed by atoms with E-state index >= 15 is 0 Å². The second-order valence-corrected chi connectivity index (χ2v) is 5.40. The minimum atomic E-state index is -0.859. The SMILES string of the molecule is O=C(O)CC1CCCN1C(=O)N1CCCCC1CO. The summed E-state index contributed by atoms with van der Waals surface area (Å²) in [5, 5.41) is 18.2. The Kier molecular flexibility index (Phi) is 4.63. The Labute approximate surface area is 113 Å². The molecule has 0 aliphatic carbocycles. The van der Waals surface area contributed by atoms with Gasteiger partial charge < -0.3 is 20.0 Å². The molecule has 2 unspecified atom stereocenters. The van der Waals surface area contributed by atoms with Gasteiger partial charge in [0.05, 0.1) is 19.1 Å². The highest BCUT2D eigenvalue weighted by molar-refractivity contribution is 5.77. The predicted molar refractivity (Wildman–Crippen MR) is 68.8 cm³/mol. The van der Waals surface area contributed by atoms with Crippen molar-refractivity contribution in [3.05, 3.63) is 0 Å². The van der Waals surface area contributed by atoms with E-state index < -0.39 is 5.97 Å². The fourth-order valence-electron chi connectivity index (χ4n) is 3.11. The van der Waals surface area contributed by atoms with Crippen molar-refractivity contribution in [2.75, 3.05) is 19.7 Å². The molecule has 2 saturated heterocycles. The number of piperidine rings is 1. The lowest BCUT2D eigenvalue weighted by molar-refractivity contribution is -0.138. The molecule has 0 radical (unpaired) electrons. The molecule has 0 aromatic carbocycles. The standard InChI is InChI=1S/C13H22N2O4/c16-9-11-4-1-2-6-15(11)13(19)14-7-3-5-10(14)8-12(17)18/h10-11,16H,1-9H2,(H,17,18). The van der Waals surface area contributed by atoms with Crippen molar-refractivity contribution in [1.82, 2.24) is 9.80 Å². The number of carbonyl (C=O) groups excluding carboxylic acids is 1. The van der Waals surface area contributed by atoms with Crippen molar-refractivity contribution < 1.29 is 19.8 Å². The molecule has 2 atom stereocenters. The molecule has 108 valence electrons. The molecule has 0 aromatic heterocycles. The molecule has 2 amide bonds. The largest absolute Gasteiger partial charge is 0.481 e. The van der Waals surface area contributed by atoms with E-state index in [0.717, 1.165) is 32.1 Å². The van der Waals surface area contributed by atoms with Crippen LogP contribution in [-0.2, 0) is 4.79 Å². The molecule has 2 fully saturated rings. The van der Waals surface area contributed by atoms with Gasteiger partial charge in [-0.25, -0.2) is 4.79 Å². The third kappa shape index (κ3) is 3.18. The molecule has 6 heteroatoms. The third-order valence-electron chi connectivity index (χ3n) is 4.12. The van der Waals surface area contributed by atoms with E-state index in [1.54, 1.807) is 9.80 Å². The van der Waals surface area contributed by atoms with Gasteiger partial charge in [0.25, 0.3) is 0 Å². The van der Waals surface area contributed by atoms with Crippen LogP contribution in [0.1, 0.15) is 38.5 Å². The van der Waals surface area contributed by atoms with E-state index in [0.29, 0.717) is 13.1 Å². The van der Waals surface area contributed by atoms with Crippen molar-refractivity contribution in [1.29, 1.82) is 0 Å². The predicted octanol–water partition coefficient (Wildman–Crippen LogP) is 0.892. The number of carboxylic acids is 1. The molecular weight excluding hydrogens is 248 g/mol. The highest BCUT2D eigenvalue weighted by Gasteiger charge is 2.36. The molecule has 2 aliphatic rings. The lowest BCUT2D eigenvalue weighted by atomic mass is 10.0. The fourth-order valence-corrected chi connectivity index (χ4v) is 3.11. The highest BCUT2D eigenvalue weighted by atomic mass is 16.4. The Bertz CT molecular complexity index is 348. The van der Waals surface area contributed by atoms with Crippen molar-refractivity contribution in [3.8, 4) is 0 Å². The summed E-state index contributed by atoms with van der Waals surface area (Å²) in [5.41, 5.74) is 0. The summed E-state index contributed by atoms with van der Waals surface area (Å²) in [4.78, 5) is 26.7. The monoisotopic (exact) mass is 270 g/mol. The Morgan fingerprint density at radius 3 is 2.32 bits per heavy atom. The van der Waals surface area contributed by atoms with Gasteiger partial charge in [-0.05, 0) is 32.1 Å². The van der Waals surface area contributed by atoms with E-state index in [4.69, 9.17) is 5.11 Å². The zero-order chi connectivity index (χ0) is 13.8. The maximum atomic E-state index is 12.5. The number of rotatable bonds is 3.